The molecule has 1 aromatic rings. The fourth-order valence-electron chi connectivity index (χ4n) is 3.28. The molecule has 0 aromatic heterocycles. The first kappa shape index (κ1) is 19.7. The summed E-state index contributed by atoms with van der Waals surface area (Å²) in [5.41, 5.74) is 1.52. The molecule has 1 saturated heterocycles. The van der Waals surface area contributed by atoms with Crippen molar-refractivity contribution in [1.29, 1.82) is 0 Å². The third-order valence-electron chi connectivity index (χ3n) is 4.96. The lowest BCUT2D eigenvalue weighted by Gasteiger charge is -2.35. The van der Waals surface area contributed by atoms with Gasteiger partial charge in [-0.3, -0.25) is 9.69 Å². The third kappa shape index (κ3) is 4.13. The second kappa shape index (κ2) is 7.72. The summed E-state index contributed by atoms with van der Waals surface area (Å²) in [6.45, 7) is 4.38. The van der Waals surface area contributed by atoms with Crippen LogP contribution in [0.15, 0.2) is 17.0 Å². The quantitative estimate of drug-likeness (QED) is 0.816. The summed E-state index contributed by atoms with van der Waals surface area (Å²) in [7, 11) is -0.242. The fraction of sp³-hybridized carbons (Fsp3) is 0.588. The van der Waals surface area contributed by atoms with Crippen LogP contribution in [0.2, 0.25) is 0 Å². The van der Waals surface area contributed by atoms with Gasteiger partial charge in [-0.25, -0.2) is 8.42 Å². The van der Waals surface area contributed by atoms with E-state index < -0.39 is 16.0 Å². The summed E-state index contributed by atoms with van der Waals surface area (Å²) in [6, 6.07) is 3.36. The number of piperidine rings is 1. The van der Waals surface area contributed by atoms with Gasteiger partial charge in [0, 0.05) is 19.1 Å². The maximum atomic E-state index is 13.0. The number of methoxy groups -OCH3 is 1. The van der Waals surface area contributed by atoms with E-state index in [1.54, 1.807) is 38.1 Å². The highest BCUT2D eigenvalue weighted by Crippen LogP contribution is 2.30. The number of nitrogens with zero attached hydrogens (tertiary/aromatic N) is 2. The molecule has 2 rings (SSSR count). The van der Waals surface area contributed by atoms with Crippen LogP contribution in [0.5, 0.6) is 5.75 Å². The highest BCUT2D eigenvalue weighted by Gasteiger charge is 2.32. The van der Waals surface area contributed by atoms with Crippen LogP contribution in [0.3, 0.4) is 0 Å². The smallest absolute Gasteiger partial charge is 0.317 e. The van der Waals surface area contributed by atoms with Crippen LogP contribution >= 0.6 is 0 Å². The van der Waals surface area contributed by atoms with Gasteiger partial charge in [-0.1, -0.05) is 0 Å². The Morgan fingerprint density at radius 2 is 1.88 bits per heavy atom. The molecule has 0 spiro atoms. The van der Waals surface area contributed by atoms with Gasteiger partial charge in [0.2, 0.25) is 10.0 Å². The molecule has 7 nitrogen and oxygen atoms in total. The largest absolute Gasteiger partial charge is 0.496 e. The molecule has 0 aliphatic carbocycles. The predicted molar refractivity (Wildman–Crippen MR) is 94.5 cm³/mol. The number of ether oxygens (including phenoxy) is 1. The van der Waals surface area contributed by atoms with Crippen molar-refractivity contribution in [3.05, 3.63) is 23.3 Å². The van der Waals surface area contributed by atoms with Crippen LogP contribution in [0.25, 0.3) is 0 Å². The number of carboxylic acids is 1. The van der Waals surface area contributed by atoms with Gasteiger partial charge in [-0.05, 0) is 57.0 Å². The van der Waals surface area contributed by atoms with Gasteiger partial charge in [-0.15, -0.1) is 0 Å². The summed E-state index contributed by atoms with van der Waals surface area (Å²) < 4.78 is 32.7. The van der Waals surface area contributed by atoms with Crippen LogP contribution in [0, 0.1) is 13.8 Å². The number of aliphatic carboxylic acids is 1. The summed E-state index contributed by atoms with van der Waals surface area (Å²) in [5.74, 6) is -0.202. The van der Waals surface area contributed by atoms with E-state index in [1.807, 2.05) is 6.92 Å². The molecular formula is C17H26N2O5S. The van der Waals surface area contributed by atoms with Gasteiger partial charge in [0.05, 0.1) is 18.6 Å². The average Bonchev–Trinajstić information content (AvgIpc) is 2.56. The average molecular weight is 370 g/mol. The lowest BCUT2D eigenvalue weighted by Crippen LogP contribution is -2.46. The highest BCUT2D eigenvalue weighted by molar-refractivity contribution is 7.89. The Kier molecular flexibility index (Phi) is 6.08. The van der Waals surface area contributed by atoms with Crippen LogP contribution in [0.1, 0.15) is 24.0 Å². The molecule has 0 bridgehead atoms. The molecule has 0 amide bonds. The van der Waals surface area contributed by atoms with E-state index in [4.69, 9.17) is 9.84 Å². The highest BCUT2D eigenvalue weighted by atomic mass is 32.2. The van der Waals surface area contributed by atoms with Crippen molar-refractivity contribution < 1.29 is 23.1 Å². The molecule has 8 heteroatoms. The Labute approximate surface area is 149 Å². The summed E-state index contributed by atoms with van der Waals surface area (Å²) in [4.78, 5) is 12.9. The number of likely N-dealkylation sites (N-methyl/N-ethyl adjacent to an activating group) is 1. The minimum absolute atomic E-state index is 0.0335. The molecule has 1 aliphatic rings. The molecule has 0 radical (unpaired) electrons. The zero-order valence-electron chi connectivity index (χ0n) is 15.2. The molecule has 1 fully saturated rings. The number of benzene rings is 1. The van der Waals surface area contributed by atoms with E-state index in [1.165, 1.54) is 4.31 Å². The molecule has 1 heterocycles. The maximum absolute atomic E-state index is 13.0. The fourth-order valence-corrected chi connectivity index (χ4v) is 5.03. The summed E-state index contributed by atoms with van der Waals surface area (Å²) >= 11 is 0. The molecule has 1 aromatic carbocycles. The van der Waals surface area contributed by atoms with E-state index in [-0.39, 0.29) is 12.6 Å². The minimum atomic E-state index is -3.57. The number of hydrogen-bond donors (Lipinski definition) is 1. The molecular weight excluding hydrogens is 344 g/mol. The van der Waals surface area contributed by atoms with Crippen LogP contribution in [-0.4, -0.2) is 68.5 Å². The van der Waals surface area contributed by atoms with Crippen molar-refractivity contribution in [2.24, 2.45) is 0 Å². The Hall–Kier alpha value is -1.64. The van der Waals surface area contributed by atoms with Crippen LogP contribution in [-0.2, 0) is 14.8 Å². The standard InChI is InChI=1S/C17H26N2O5S/c1-12-13(2)16(6-5-15(12)24-4)25(22,23)19-9-7-14(8-10-19)18(3)11-17(20)21/h5-6,14H,7-11H2,1-4H3,(H,20,21). The Morgan fingerprint density at radius 3 is 2.40 bits per heavy atom. The molecule has 0 atom stereocenters. The van der Waals surface area contributed by atoms with Crippen molar-refractivity contribution in [2.75, 3.05) is 33.8 Å². The first-order valence-corrected chi connectivity index (χ1v) is 9.69. The van der Waals surface area contributed by atoms with Gasteiger partial charge >= 0.3 is 5.97 Å². The third-order valence-corrected chi connectivity index (χ3v) is 7.00. The summed E-state index contributed by atoms with van der Waals surface area (Å²) in [5, 5.41) is 8.89. The molecule has 140 valence electrons. The molecule has 1 aliphatic heterocycles. The van der Waals surface area contributed by atoms with Crippen molar-refractivity contribution in [3.63, 3.8) is 0 Å². The predicted octanol–water partition coefficient (Wildman–Crippen LogP) is 1.48. The Balaban J connectivity index is 2.15. The Bertz CT molecular complexity index is 740. The van der Waals surface area contributed by atoms with Gasteiger partial charge in [0.1, 0.15) is 5.75 Å². The van der Waals surface area contributed by atoms with Gasteiger partial charge in [-0.2, -0.15) is 4.31 Å². The van der Waals surface area contributed by atoms with Crippen molar-refractivity contribution >= 4 is 16.0 Å². The van der Waals surface area contributed by atoms with E-state index in [9.17, 15) is 13.2 Å². The topological polar surface area (TPSA) is 87.2 Å². The number of sulfonamides is 1. The van der Waals surface area contributed by atoms with E-state index in [2.05, 4.69) is 0 Å². The van der Waals surface area contributed by atoms with E-state index in [0.717, 1.165) is 5.56 Å². The zero-order valence-corrected chi connectivity index (χ0v) is 16.0. The number of rotatable bonds is 6. The summed E-state index contributed by atoms with van der Waals surface area (Å²) in [6.07, 6.45) is 1.24. The first-order chi connectivity index (χ1) is 11.7. The van der Waals surface area contributed by atoms with Crippen molar-refractivity contribution in [1.82, 2.24) is 9.21 Å². The molecule has 0 unspecified atom stereocenters. The van der Waals surface area contributed by atoms with Crippen LogP contribution < -0.4 is 4.74 Å². The minimum Gasteiger partial charge on any atom is -0.496 e. The SMILES string of the molecule is COc1ccc(S(=O)(=O)N2CCC(N(C)CC(=O)O)CC2)c(C)c1C. The normalized spacial score (nSPS) is 17.0. The number of carbonyl (C=O) groups is 1. The van der Waals surface area contributed by atoms with Crippen molar-refractivity contribution in [3.8, 4) is 5.75 Å². The van der Waals surface area contributed by atoms with Crippen molar-refractivity contribution in [2.45, 2.75) is 37.6 Å². The molecule has 1 N–H and O–H groups in total. The van der Waals surface area contributed by atoms with Crippen LogP contribution in [0.4, 0.5) is 0 Å². The van der Waals surface area contributed by atoms with Gasteiger partial charge < -0.3 is 9.84 Å². The zero-order chi connectivity index (χ0) is 18.8. The van der Waals surface area contributed by atoms with E-state index in [0.29, 0.717) is 42.1 Å². The maximum Gasteiger partial charge on any atom is 0.317 e. The second-order valence-corrected chi connectivity index (χ2v) is 8.37. The van der Waals surface area contributed by atoms with Gasteiger partial charge in [0.15, 0.2) is 0 Å². The van der Waals surface area contributed by atoms with E-state index >= 15 is 0 Å². The number of hydrogen-bond acceptors (Lipinski definition) is 5. The molecule has 25 heavy (non-hydrogen) atoms. The molecule has 0 saturated carbocycles. The number of carboxylic acid groups (broad SMARTS) is 1. The van der Waals surface area contributed by atoms with Gasteiger partial charge in [0.25, 0.3) is 0 Å². The second-order valence-electron chi connectivity index (χ2n) is 6.46. The Morgan fingerprint density at radius 1 is 1.28 bits per heavy atom. The lowest BCUT2D eigenvalue weighted by molar-refractivity contribution is -0.138. The first-order valence-electron chi connectivity index (χ1n) is 8.24. The lowest BCUT2D eigenvalue weighted by atomic mass is 10.1. The monoisotopic (exact) mass is 370 g/mol.